The number of benzene rings is 1. The first-order valence-electron chi connectivity index (χ1n) is 8.07. The van der Waals surface area contributed by atoms with Gasteiger partial charge in [0.1, 0.15) is 0 Å². The molecule has 3 N–H and O–H groups in total. The summed E-state index contributed by atoms with van der Waals surface area (Å²) in [5, 5.41) is 15.5. The number of amides is 2. The van der Waals surface area contributed by atoms with Crippen molar-refractivity contribution >= 4 is 17.5 Å². The van der Waals surface area contributed by atoms with Crippen molar-refractivity contribution < 1.29 is 19.1 Å². The zero-order chi connectivity index (χ0) is 16.9. The van der Waals surface area contributed by atoms with Crippen LogP contribution in [0.3, 0.4) is 0 Å². The Labute approximate surface area is 139 Å². The average Bonchev–Trinajstić information content (AvgIpc) is 3.12. The summed E-state index contributed by atoms with van der Waals surface area (Å²) in [4.78, 5) is 24.3. The minimum atomic E-state index is -0.496. The van der Waals surface area contributed by atoms with Gasteiger partial charge in [-0.25, -0.2) is 0 Å². The van der Waals surface area contributed by atoms with Gasteiger partial charge in [-0.1, -0.05) is 18.9 Å². The Balaban J connectivity index is 1.66. The molecule has 2 amide bonds. The molecule has 0 spiro atoms. The SMILES string of the molecule is O=C(NC1CCCCC1O)c1cccc(NC(=O)c2ccco2)c1. The topological polar surface area (TPSA) is 91.6 Å². The third kappa shape index (κ3) is 3.83. The summed E-state index contributed by atoms with van der Waals surface area (Å²) in [6.45, 7) is 0. The molecule has 3 rings (SSSR count). The third-order valence-electron chi connectivity index (χ3n) is 4.17. The van der Waals surface area contributed by atoms with E-state index in [2.05, 4.69) is 10.6 Å². The number of hydrogen-bond acceptors (Lipinski definition) is 4. The first kappa shape index (κ1) is 16.3. The van der Waals surface area contributed by atoms with Crippen molar-refractivity contribution in [3.8, 4) is 0 Å². The van der Waals surface area contributed by atoms with Crippen LogP contribution in [-0.4, -0.2) is 29.1 Å². The number of hydrogen-bond donors (Lipinski definition) is 3. The molecule has 1 fully saturated rings. The first-order chi connectivity index (χ1) is 11.6. The van der Waals surface area contributed by atoms with Crippen molar-refractivity contribution in [1.29, 1.82) is 0 Å². The summed E-state index contributed by atoms with van der Waals surface area (Å²) < 4.78 is 5.04. The summed E-state index contributed by atoms with van der Waals surface area (Å²) in [6, 6.07) is 9.66. The molecule has 1 aliphatic rings. The van der Waals surface area contributed by atoms with Crippen LogP contribution in [0.2, 0.25) is 0 Å². The molecule has 1 aromatic carbocycles. The second-order valence-corrected chi connectivity index (χ2v) is 5.94. The van der Waals surface area contributed by atoms with E-state index < -0.39 is 6.10 Å². The first-order valence-corrected chi connectivity index (χ1v) is 8.07. The molecule has 24 heavy (non-hydrogen) atoms. The van der Waals surface area contributed by atoms with Crippen LogP contribution in [0.5, 0.6) is 0 Å². The van der Waals surface area contributed by atoms with E-state index in [1.807, 2.05) is 0 Å². The Morgan fingerprint density at radius 2 is 1.92 bits per heavy atom. The molecule has 1 aliphatic carbocycles. The van der Waals surface area contributed by atoms with Crippen LogP contribution < -0.4 is 10.6 Å². The Hall–Kier alpha value is -2.60. The lowest BCUT2D eigenvalue weighted by Crippen LogP contribution is -2.45. The van der Waals surface area contributed by atoms with Crippen molar-refractivity contribution in [1.82, 2.24) is 5.32 Å². The molecule has 126 valence electrons. The second kappa shape index (κ2) is 7.31. The van der Waals surface area contributed by atoms with E-state index in [0.29, 0.717) is 17.7 Å². The van der Waals surface area contributed by atoms with Gasteiger partial charge in [-0.2, -0.15) is 0 Å². The van der Waals surface area contributed by atoms with Crippen molar-refractivity contribution in [3.05, 3.63) is 54.0 Å². The van der Waals surface area contributed by atoms with E-state index in [-0.39, 0.29) is 23.6 Å². The number of carbonyl (C=O) groups is 2. The highest BCUT2D eigenvalue weighted by molar-refractivity contribution is 6.03. The number of carbonyl (C=O) groups excluding carboxylic acids is 2. The molecule has 1 aromatic heterocycles. The molecule has 2 unspecified atom stereocenters. The summed E-state index contributed by atoms with van der Waals surface area (Å²) >= 11 is 0. The Morgan fingerprint density at radius 1 is 1.08 bits per heavy atom. The molecule has 2 aromatic rings. The van der Waals surface area contributed by atoms with Crippen LogP contribution in [0.1, 0.15) is 46.6 Å². The van der Waals surface area contributed by atoms with Gasteiger partial charge in [-0.05, 0) is 43.2 Å². The quantitative estimate of drug-likeness (QED) is 0.804. The molecule has 2 atom stereocenters. The third-order valence-corrected chi connectivity index (χ3v) is 4.17. The monoisotopic (exact) mass is 328 g/mol. The summed E-state index contributed by atoms with van der Waals surface area (Å²) in [5.41, 5.74) is 0.943. The highest BCUT2D eigenvalue weighted by atomic mass is 16.3. The van der Waals surface area contributed by atoms with E-state index in [9.17, 15) is 14.7 Å². The maximum Gasteiger partial charge on any atom is 0.291 e. The van der Waals surface area contributed by atoms with E-state index in [4.69, 9.17) is 4.42 Å². The largest absolute Gasteiger partial charge is 0.459 e. The summed E-state index contributed by atoms with van der Waals surface area (Å²) in [6.07, 6.45) is 4.41. The van der Waals surface area contributed by atoms with Crippen molar-refractivity contribution in [2.24, 2.45) is 0 Å². The van der Waals surface area contributed by atoms with Crippen LogP contribution in [0.25, 0.3) is 0 Å². The molecular formula is C18H20N2O4. The van der Waals surface area contributed by atoms with E-state index in [0.717, 1.165) is 19.3 Å². The predicted molar refractivity (Wildman–Crippen MR) is 88.8 cm³/mol. The molecule has 1 heterocycles. The fourth-order valence-electron chi connectivity index (χ4n) is 2.87. The molecule has 6 nitrogen and oxygen atoms in total. The molecule has 0 radical (unpaired) electrons. The maximum atomic E-state index is 12.4. The highest BCUT2D eigenvalue weighted by Gasteiger charge is 2.24. The molecular weight excluding hydrogens is 308 g/mol. The summed E-state index contributed by atoms with van der Waals surface area (Å²) in [7, 11) is 0. The van der Waals surface area contributed by atoms with Crippen LogP contribution >= 0.6 is 0 Å². The lowest BCUT2D eigenvalue weighted by Gasteiger charge is -2.28. The number of aliphatic hydroxyl groups excluding tert-OH is 1. The highest BCUT2D eigenvalue weighted by Crippen LogP contribution is 2.19. The van der Waals surface area contributed by atoms with Gasteiger partial charge in [0.2, 0.25) is 0 Å². The van der Waals surface area contributed by atoms with Gasteiger partial charge in [0.15, 0.2) is 5.76 Å². The number of aliphatic hydroxyl groups is 1. The minimum Gasteiger partial charge on any atom is -0.459 e. The van der Waals surface area contributed by atoms with Gasteiger partial charge in [0, 0.05) is 11.3 Å². The van der Waals surface area contributed by atoms with Crippen molar-refractivity contribution in [3.63, 3.8) is 0 Å². The van der Waals surface area contributed by atoms with Gasteiger partial charge in [0.05, 0.1) is 18.4 Å². The Bertz CT molecular complexity index is 712. The van der Waals surface area contributed by atoms with Gasteiger partial charge >= 0.3 is 0 Å². The van der Waals surface area contributed by atoms with Gasteiger partial charge in [-0.3, -0.25) is 9.59 Å². The molecule has 0 bridgehead atoms. The van der Waals surface area contributed by atoms with E-state index in [1.165, 1.54) is 6.26 Å². The predicted octanol–water partition coefficient (Wildman–Crippen LogP) is 2.57. The standard InChI is InChI=1S/C18H20N2O4/c21-15-8-2-1-7-14(15)20-17(22)12-5-3-6-13(11-12)19-18(23)16-9-4-10-24-16/h3-6,9-11,14-15,21H,1-2,7-8H2,(H,19,23)(H,20,22). The second-order valence-electron chi connectivity index (χ2n) is 5.94. The number of nitrogens with one attached hydrogen (secondary N) is 2. The molecule has 6 heteroatoms. The maximum absolute atomic E-state index is 12.4. The molecule has 1 saturated carbocycles. The Morgan fingerprint density at radius 3 is 2.67 bits per heavy atom. The van der Waals surface area contributed by atoms with Crippen molar-refractivity contribution in [2.45, 2.75) is 37.8 Å². The number of rotatable bonds is 4. The normalized spacial score (nSPS) is 20.4. The number of furan rings is 1. The Kier molecular flexibility index (Phi) is 4.96. The minimum absolute atomic E-state index is 0.204. The lowest BCUT2D eigenvalue weighted by atomic mass is 9.92. The van der Waals surface area contributed by atoms with Crippen LogP contribution in [0.15, 0.2) is 47.1 Å². The average molecular weight is 328 g/mol. The zero-order valence-corrected chi connectivity index (χ0v) is 13.2. The molecule has 0 saturated heterocycles. The van der Waals surface area contributed by atoms with Crippen molar-refractivity contribution in [2.75, 3.05) is 5.32 Å². The van der Waals surface area contributed by atoms with Crippen LogP contribution in [0.4, 0.5) is 5.69 Å². The fraction of sp³-hybridized carbons (Fsp3) is 0.333. The zero-order valence-electron chi connectivity index (χ0n) is 13.2. The number of anilines is 1. The smallest absolute Gasteiger partial charge is 0.291 e. The van der Waals surface area contributed by atoms with Crippen LogP contribution in [0, 0.1) is 0 Å². The molecule has 0 aliphatic heterocycles. The van der Waals surface area contributed by atoms with E-state index >= 15 is 0 Å². The lowest BCUT2D eigenvalue weighted by molar-refractivity contribution is 0.0717. The summed E-state index contributed by atoms with van der Waals surface area (Å²) in [5.74, 6) is -0.425. The fourth-order valence-corrected chi connectivity index (χ4v) is 2.87. The van der Waals surface area contributed by atoms with Crippen LogP contribution in [-0.2, 0) is 0 Å². The van der Waals surface area contributed by atoms with Gasteiger partial charge in [0.25, 0.3) is 11.8 Å². The van der Waals surface area contributed by atoms with Gasteiger partial charge < -0.3 is 20.2 Å². The van der Waals surface area contributed by atoms with Gasteiger partial charge in [-0.15, -0.1) is 0 Å². The van der Waals surface area contributed by atoms with E-state index in [1.54, 1.807) is 36.4 Å².